The molecular formula is C16H14Cl2N2O3. The molecule has 0 bridgehead atoms. The summed E-state index contributed by atoms with van der Waals surface area (Å²) < 4.78 is 4.59. The van der Waals surface area contributed by atoms with Gasteiger partial charge in [0.05, 0.1) is 12.1 Å². The van der Waals surface area contributed by atoms with Crippen molar-refractivity contribution < 1.29 is 14.3 Å². The number of methoxy groups -OCH3 is 1. The highest BCUT2D eigenvalue weighted by Gasteiger charge is 2.21. The number of pyridine rings is 1. The fourth-order valence-corrected chi connectivity index (χ4v) is 2.35. The highest BCUT2D eigenvalue weighted by atomic mass is 35.5. The minimum absolute atomic E-state index is 0.146. The zero-order valence-corrected chi connectivity index (χ0v) is 14.0. The molecule has 1 atom stereocenters. The average molecular weight is 353 g/mol. The third kappa shape index (κ3) is 4.21. The summed E-state index contributed by atoms with van der Waals surface area (Å²) in [5.41, 5.74) is 1.37. The van der Waals surface area contributed by atoms with Crippen LogP contribution in [0.5, 0.6) is 0 Å². The van der Waals surface area contributed by atoms with E-state index in [1.807, 2.05) is 0 Å². The summed E-state index contributed by atoms with van der Waals surface area (Å²) >= 11 is 12.0. The molecular weight excluding hydrogens is 339 g/mol. The van der Waals surface area contributed by atoms with Crippen LogP contribution in [0.2, 0.25) is 10.0 Å². The van der Waals surface area contributed by atoms with Crippen LogP contribution in [-0.4, -0.2) is 30.0 Å². The number of esters is 1. The topological polar surface area (TPSA) is 68.3 Å². The van der Waals surface area contributed by atoms with E-state index < -0.39 is 17.9 Å². The van der Waals surface area contributed by atoms with Crippen LogP contribution >= 0.6 is 23.2 Å². The van der Waals surface area contributed by atoms with Gasteiger partial charge >= 0.3 is 5.97 Å². The summed E-state index contributed by atoms with van der Waals surface area (Å²) in [6.07, 6.45) is 1.37. The van der Waals surface area contributed by atoms with Crippen molar-refractivity contribution in [1.82, 2.24) is 10.3 Å². The normalized spacial score (nSPS) is 11.7. The van der Waals surface area contributed by atoms with Gasteiger partial charge in [0.2, 0.25) is 0 Å². The van der Waals surface area contributed by atoms with Gasteiger partial charge in [0, 0.05) is 16.8 Å². The second-order valence-electron chi connectivity index (χ2n) is 4.78. The lowest BCUT2D eigenvalue weighted by Crippen LogP contribution is -2.39. The SMILES string of the molecule is COC(=O)C(C)NC(=O)c1ncc(Cl)cc1-c1cccc(Cl)c1. The Morgan fingerprint density at radius 3 is 2.61 bits per heavy atom. The Labute approximate surface area is 143 Å². The number of aromatic nitrogens is 1. The Morgan fingerprint density at radius 1 is 1.22 bits per heavy atom. The second-order valence-corrected chi connectivity index (χ2v) is 5.65. The van der Waals surface area contributed by atoms with Crippen molar-refractivity contribution in [2.24, 2.45) is 0 Å². The molecule has 0 spiro atoms. The molecule has 0 saturated carbocycles. The standard InChI is InChI=1S/C16H14Cl2N2O3/c1-9(16(22)23-2)20-15(21)14-13(7-12(18)8-19-14)10-4-3-5-11(17)6-10/h3-9H,1-2H3,(H,20,21). The van der Waals surface area contributed by atoms with Crippen LogP contribution in [-0.2, 0) is 9.53 Å². The third-order valence-electron chi connectivity index (χ3n) is 3.11. The van der Waals surface area contributed by atoms with Gasteiger partial charge in [0.25, 0.3) is 5.91 Å². The first-order chi connectivity index (χ1) is 10.9. The predicted molar refractivity (Wildman–Crippen MR) is 88.6 cm³/mol. The zero-order valence-electron chi connectivity index (χ0n) is 12.5. The molecule has 1 amide bonds. The zero-order chi connectivity index (χ0) is 17.0. The maximum atomic E-state index is 12.4. The van der Waals surface area contributed by atoms with Crippen LogP contribution in [0.4, 0.5) is 0 Å². The van der Waals surface area contributed by atoms with E-state index >= 15 is 0 Å². The maximum absolute atomic E-state index is 12.4. The van der Waals surface area contributed by atoms with E-state index in [4.69, 9.17) is 23.2 Å². The van der Waals surface area contributed by atoms with E-state index in [0.29, 0.717) is 21.2 Å². The van der Waals surface area contributed by atoms with Crippen molar-refractivity contribution in [3.8, 4) is 11.1 Å². The molecule has 0 aliphatic heterocycles. The van der Waals surface area contributed by atoms with Crippen molar-refractivity contribution in [1.29, 1.82) is 0 Å². The van der Waals surface area contributed by atoms with Gasteiger partial charge in [-0.25, -0.2) is 9.78 Å². The predicted octanol–water partition coefficient (Wildman–Crippen LogP) is 3.35. The van der Waals surface area contributed by atoms with Gasteiger partial charge in [-0.2, -0.15) is 0 Å². The number of nitrogens with zero attached hydrogens (tertiary/aromatic N) is 1. The minimum atomic E-state index is -0.794. The van der Waals surface area contributed by atoms with Gasteiger partial charge in [-0.15, -0.1) is 0 Å². The Hall–Kier alpha value is -2.11. The summed E-state index contributed by atoms with van der Waals surface area (Å²) in [7, 11) is 1.25. The number of carbonyl (C=O) groups is 2. The van der Waals surface area contributed by atoms with Crippen molar-refractivity contribution >= 4 is 35.1 Å². The summed E-state index contributed by atoms with van der Waals surface area (Å²) in [6, 6.07) is 7.81. The van der Waals surface area contributed by atoms with Crippen LogP contribution in [0.15, 0.2) is 36.5 Å². The molecule has 7 heteroatoms. The van der Waals surface area contributed by atoms with E-state index in [1.54, 1.807) is 30.3 Å². The number of benzene rings is 1. The number of ether oxygens (including phenoxy) is 1. The van der Waals surface area contributed by atoms with Gasteiger partial charge in [-0.3, -0.25) is 4.79 Å². The smallest absolute Gasteiger partial charge is 0.328 e. The average Bonchev–Trinajstić information content (AvgIpc) is 2.53. The van der Waals surface area contributed by atoms with Crippen molar-refractivity contribution in [3.05, 3.63) is 52.3 Å². The van der Waals surface area contributed by atoms with Crippen LogP contribution in [0, 0.1) is 0 Å². The number of amides is 1. The Bertz CT molecular complexity index is 750. The van der Waals surface area contributed by atoms with E-state index in [-0.39, 0.29) is 5.69 Å². The minimum Gasteiger partial charge on any atom is -0.467 e. The van der Waals surface area contributed by atoms with E-state index in [9.17, 15) is 9.59 Å². The molecule has 1 unspecified atom stereocenters. The van der Waals surface area contributed by atoms with Gasteiger partial charge in [0.15, 0.2) is 0 Å². The number of hydrogen-bond donors (Lipinski definition) is 1. The lowest BCUT2D eigenvalue weighted by molar-refractivity contribution is -0.142. The van der Waals surface area contributed by atoms with Crippen molar-refractivity contribution in [2.75, 3.05) is 7.11 Å². The molecule has 1 heterocycles. The number of rotatable bonds is 4. The molecule has 0 radical (unpaired) electrons. The van der Waals surface area contributed by atoms with Crippen LogP contribution < -0.4 is 5.32 Å². The molecule has 1 aromatic carbocycles. The molecule has 2 aromatic rings. The van der Waals surface area contributed by atoms with Gasteiger partial charge in [0.1, 0.15) is 11.7 Å². The molecule has 2 rings (SSSR count). The Balaban J connectivity index is 2.39. The van der Waals surface area contributed by atoms with Crippen molar-refractivity contribution in [3.63, 3.8) is 0 Å². The maximum Gasteiger partial charge on any atom is 0.328 e. The number of hydrogen-bond acceptors (Lipinski definition) is 4. The molecule has 1 N–H and O–H groups in total. The summed E-state index contributed by atoms with van der Waals surface area (Å²) in [5, 5.41) is 3.45. The van der Waals surface area contributed by atoms with E-state index in [1.165, 1.54) is 20.2 Å². The molecule has 23 heavy (non-hydrogen) atoms. The summed E-state index contributed by atoms with van der Waals surface area (Å²) in [4.78, 5) is 27.9. The largest absolute Gasteiger partial charge is 0.467 e. The first-order valence-electron chi connectivity index (χ1n) is 6.72. The Kier molecular flexibility index (Phi) is 5.58. The first kappa shape index (κ1) is 17.2. The van der Waals surface area contributed by atoms with E-state index in [2.05, 4.69) is 15.0 Å². The molecule has 0 aliphatic rings. The number of carbonyl (C=O) groups excluding carboxylic acids is 2. The van der Waals surface area contributed by atoms with Crippen LogP contribution in [0.3, 0.4) is 0 Å². The second kappa shape index (κ2) is 7.44. The molecule has 0 aliphatic carbocycles. The molecule has 1 aromatic heterocycles. The monoisotopic (exact) mass is 352 g/mol. The third-order valence-corrected chi connectivity index (χ3v) is 3.55. The Morgan fingerprint density at radius 2 is 1.96 bits per heavy atom. The highest BCUT2D eigenvalue weighted by molar-refractivity contribution is 6.31. The van der Waals surface area contributed by atoms with E-state index in [0.717, 1.165) is 0 Å². The van der Waals surface area contributed by atoms with Crippen molar-refractivity contribution in [2.45, 2.75) is 13.0 Å². The number of nitrogens with one attached hydrogen (secondary N) is 1. The lowest BCUT2D eigenvalue weighted by atomic mass is 10.0. The number of halogens is 2. The molecule has 120 valence electrons. The first-order valence-corrected chi connectivity index (χ1v) is 7.48. The fraction of sp³-hybridized carbons (Fsp3) is 0.188. The highest BCUT2D eigenvalue weighted by Crippen LogP contribution is 2.27. The quantitative estimate of drug-likeness (QED) is 0.856. The molecule has 0 fully saturated rings. The van der Waals surface area contributed by atoms with Crippen LogP contribution in [0.1, 0.15) is 17.4 Å². The van der Waals surface area contributed by atoms with Gasteiger partial charge in [-0.05, 0) is 30.7 Å². The van der Waals surface area contributed by atoms with Gasteiger partial charge < -0.3 is 10.1 Å². The summed E-state index contributed by atoms with van der Waals surface area (Å²) in [6.45, 7) is 1.53. The molecule has 0 saturated heterocycles. The molecule has 5 nitrogen and oxygen atoms in total. The fourth-order valence-electron chi connectivity index (χ4n) is 2.00. The lowest BCUT2D eigenvalue weighted by Gasteiger charge is -2.13. The summed E-state index contributed by atoms with van der Waals surface area (Å²) in [5.74, 6) is -1.05. The van der Waals surface area contributed by atoms with Gasteiger partial charge in [-0.1, -0.05) is 35.3 Å². The van der Waals surface area contributed by atoms with Crippen LogP contribution in [0.25, 0.3) is 11.1 Å².